The van der Waals surface area contributed by atoms with Crippen molar-refractivity contribution in [3.63, 3.8) is 0 Å². The van der Waals surface area contributed by atoms with Crippen molar-refractivity contribution in [2.75, 3.05) is 24.5 Å². The summed E-state index contributed by atoms with van der Waals surface area (Å²) in [6, 6.07) is 4.17. The highest BCUT2D eigenvalue weighted by Gasteiger charge is 2.36. The van der Waals surface area contributed by atoms with E-state index in [-0.39, 0.29) is 0 Å². The first kappa shape index (κ1) is 13.0. The van der Waals surface area contributed by atoms with E-state index in [0.717, 1.165) is 31.3 Å². The maximum atomic E-state index is 5.86. The number of halogens is 1. The second kappa shape index (κ2) is 5.27. The largest absolute Gasteiger partial charge is 0.335 e. The Labute approximate surface area is 127 Å². The topological polar surface area (TPSA) is 69.7 Å². The van der Waals surface area contributed by atoms with Crippen molar-refractivity contribution in [2.45, 2.75) is 18.9 Å². The first-order chi connectivity index (χ1) is 10.3. The molecule has 2 saturated heterocycles. The third kappa shape index (κ3) is 2.38. The Kier molecular flexibility index (Phi) is 3.27. The van der Waals surface area contributed by atoms with Crippen LogP contribution < -0.4 is 10.2 Å². The van der Waals surface area contributed by atoms with E-state index in [0.29, 0.717) is 22.8 Å². The van der Waals surface area contributed by atoms with E-state index in [9.17, 15) is 0 Å². The molecule has 0 spiro atoms. The van der Waals surface area contributed by atoms with Gasteiger partial charge < -0.3 is 10.2 Å². The average Bonchev–Trinajstić information content (AvgIpc) is 3.16. The molecular formula is C14H17ClN6. The second-order valence-electron chi connectivity index (χ2n) is 5.67. The molecule has 2 aromatic rings. The van der Waals surface area contributed by atoms with Crippen LogP contribution in [-0.2, 0) is 0 Å². The van der Waals surface area contributed by atoms with Crippen LogP contribution in [-0.4, -0.2) is 45.8 Å². The third-order valence-corrected chi connectivity index (χ3v) is 4.60. The maximum Gasteiger partial charge on any atom is 0.245 e. The SMILES string of the molecule is Clc1ccc(-c2nc(N3CCCC4CNCC43)n[nH]2)nc1. The molecule has 0 saturated carbocycles. The van der Waals surface area contributed by atoms with Crippen LogP contribution in [0.5, 0.6) is 0 Å². The Morgan fingerprint density at radius 2 is 2.24 bits per heavy atom. The van der Waals surface area contributed by atoms with E-state index in [1.54, 1.807) is 6.20 Å². The van der Waals surface area contributed by atoms with Gasteiger partial charge in [0.1, 0.15) is 5.69 Å². The Balaban J connectivity index is 1.60. The molecule has 2 aliphatic heterocycles. The Hall–Kier alpha value is -1.66. The number of aromatic nitrogens is 4. The lowest BCUT2D eigenvalue weighted by Crippen LogP contribution is -2.45. The van der Waals surface area contributed by atoms with Crippen LogP contribution in [0.4, 0.5) is 5.95 Å². The summed E-state index contributed by atoms with van der Waals surface area (Å²) in [4.78, 5) is 11.2. The third-order valence-electron chi connectivity index (χ3n) is 4.38. The molecule has 2 N–H and O–H groups in total. The normalized spacial score (nSPS) is 25.1. The van der Waals surface area contributed by atoms with Crippen molar-refractivity contribution >= 4 is 17.5 Å². The summed E-state index contributed by atoms with van der Waals surface area (Å²) in [5.74, 6) is 2.18. The molecule has 2 unspecified atom stereocenters. The van der Waals surface area contributed by atoms with Crippen LogP contribution in [0.1, 0.15) is 12.8 Å². The fraction of sp³-hybridized carbons (Fsp3) is 0.500. The lowest BCUT2D eigenvalue weighted by Gasteiger charge is -2.36. The number of piperidine rings is 1. The fourth-order valence-electron chi connectivity index (χ4n) is 3.33. The number of nitrogens with zero attached hydrogens (tertiary/aromatic N) is 4. The number of pyridine rings is 1. The molecule has 21 heavy (non-hydrogen) atoms. The van der Waals surface area contributed by atoms with Crippen LogP contribution in [0.15, 0.2) is 18.3 Å². The van der Waals surface area contributed by atoms with Crippen molar-refractivity contribution in [1.29, 1.82) is 0 Å². The number of rotatable bonds is 2. The standard InChI is InChI=1S/C14H17ClN6/c15-10-3-4-11(17-7-10)13-18-14(20-19-13)21-5-1-2-9-6-16-8-12(9)21/h3-4,7,9,12,16H,1-2,5-6,8H2,(H,18,19,20). The van der Waals surface area contributed by atoms with Crippen LogP contribution in [0.25, 0.3) is 11.5 Å². The molecule has 2 atom stereocenters. The zero-order valence-electron chi connectivity index (χ0n) is 11.6. The molecule has 2 aromatic heterocycles. The fourth-order valence-corrected chi connectivity index (χ4v) is 3.44. The van der Waals surface area contributed by atoms with Gasteiger partial charge in [-0.05, 0) is 30.9 Å². The Bertz CT molecular complexity index is 625. The van der Waals surface area contributed by atoms with Crippen molar-refractivity contribution in [2.24, 2.45) is 5.92 Å². The highest BCUT2D eigenvalue weighted by molar-refractivity contribution is 6.30. The highest BCUT2D eigenvalue weighted by Crippen LogP contribution is 2.29. The summed E-state index contributed by atoms with van der Waals surface area (Å²) in [7, 11) is 0. The van der Waals surface area contributed by atoms with Gasteiger partial charge in [-0.2, -0.15) is 4.98 Å². The van der Waals surface area contributed by atoms with Crippen molar-refractivity contribution in [3.8, 4) is 11.5 Å². The lowest BCUT2D eigenvalue weighted by molar-refractivity contribution is 0.381. The van der Waals surface area contributed by atoms with Gasteiger partial charge in [-0.15, -0.1) is 5.10 Å². The molecule has 0 bridgehead atoms. The van der Waals surface area contributed by atoms with E-state index in [1.165, 1.54) is 12.8 Å². The summed E-state index contributed by atoms with van der Waals surface area (Å²) >= 11 is 5.86. The number of hydrogen-bond donors (Lipinski definition) is 2. The molecule has 4 heterocycles. The molecule has 110 valence electrons. The maximum absolute atomic E-state index is 5.86. The van der Waals surface area contributed by atoms with Crippen LogP contribution in [0.3, 0.4) is 0 Å². The van der Waals surface area contributed by atoms with E-state index in [1.807, 2.05) is 12.1 Å². The molecule has 0 aliphatic carbocycles. The summed E-state index contributed by atoms with van der Waals surface area (Å²) in [6.07, 6.45) is 4.12. The van der Waals surface area contributed by atoms with Gasteiger partial charge in [0.2, 0.25) is 5.95 Å². The lowest BCUT2D eigenvalue weighted by atomic mass is 9.92. The molecule has 0 radical (unpaired) electrons. The van der Waals surface area contributed by atoms with Crippen LogP contribution >= 0.6 is 11.6 Å². The van der Waals surface area contributed by atoms with Crippen molar-refractivity contribution in [3.05, 3.63) is 23.4 Å². The predicted octanol–water partition coefficient (Wildman–Crippen LogP) is 1.71. The van der Waals surface area contributed by atoms with Gasteiger partial charge in [-0.1, -0.05) is 11.6 Å². The van der Waals surface area contributed by atoms with Crippen molar-refractivity contribution in [1.82, 2.24) is 25.5 Å². The predicted molar refractivity (Wildman–Crippen MR) is 81.4 cm³/mol. The molecular weight excluding hydrogens is 288 g/mol. The van der Waals surface area contributed by atoms with Gasteiger partial charge in [-0.25, -0.2) is 0 Å². The quantitative estimate of drug-likeness (QED) is 0.884. The molecule has 2 aliphatic rings. The average molecular weight is 305 g/mol. The molecule has 6 nitrogen and oxygen atoms in total. The summed E-state index contributed by atoms with van der Waals surface area (Å²) in [6.45, 7) is 3.15. The van der Waals surface area contributed by atoms with E-state index >= 15 is 0 Å². The van der Waals surface area contributed by atoms with Crippen molar-refractivity contribution < 1.29 is 0 Å². The molecule has 4 rings (SSSR count). The monoisotopic (exact) mass is 304 g/mol. The minimum atomic E-state index is 0.514. The molecule has 2 fully saturated rings. The van der Waals surface area contributed by atoms with E-state index in [4.69, 9.17) is 11.6 Å². The first-order valence-electron chi connectivity index (χ1n) is 7.33. The Morgan fingerprint density at radius 3 is 3.10 bits per heavy atom. The second-order valence-corrected chi connectivity index (χ2v) is 6.10. The van der Waals surface area contributed by atoms with Gasteiger partial charge in [0.25, 0.3) is 0 Å². The smallest absolute Gasteiger partial charge is 0.245 e. The van der Waals surface area contributed by atoms with Gasteiger partial charge in [-0.3, -0.25) is 10.1 Å². The van der Waals surface area contributed by atoms with Crippen LogP contribution in [0.2, 0.25) is 5.02 Å². The van der Waals surface area contributed by atoms with Gasteiger partial charge >= 0.3 is 0 Å². The summed E-state index contributed by atoms with van der Waals surface area (Å²) in [5, 5.41) is 11.5. The zero-order valence-corrected chi connectivity index (χ0v) is 12.3. The number of fused-ring (bicyclic) bond motifs is 1. The number of anilines is 1. The molecule has 0 amide bonds. The number of aromatic amines is 1. The van der Waals surface area contributed by atoms with E-state index in [2.05, 4.69) is 30.4 Å². The minimum Gasteiger partial charge on any atom is -0.335 e. The number of H-pyrrole nitrogens is 1. The Morgan fingerprint density at radius 1 is 1.29 bits per heavy atom. The molecule has 7 heteroatoms. The van der Waals surface area contributed by atoms with Gasteiger partial charge in [0, 0.05) is 31.9 Å². The number of nitrogens with one attached hydrogen (secondary N) is 2. The zero-order chi connectivity index (χ0) is 14.2. The minimum absolute atomic E-state index is 0.514. The highest BCUT2D eigenvalue weighted by atomic mass is 35.5. The van der Waals surface area contributed by atoms with E-state index < -0.39 is 0 Å². The first-order valence-corrected chi connectivity index (χ1v) is 7.71. The van der Waals surface area contributed by atoms with Gasteiger partial charge in [0.15, 0.2) is 5.82 Å². The summed E-state index contributed by atoms with van der Waals surface area (Å²) < 4.78 is 0. The van der Waals surface area contributed by atoms with Gasteiger partial charge in [0.05, 0.1) is 5.02 Å². The summed E-state index contributed by atoms with van der Waals surface area (Å²) in [5.41, 5.74) is 0.760. The van der Waals surface area contributed by atoms with Crippen LogP contribution in [0, 0.1) is 5.92 Å². The number of hydrogen-bond acceptors (Lipinski definition) is 5. The molecule has 0 aromatic carbocycles.